The van der Waals surface area contributed by atoms with Crippen molar-refractivity contribution in [3.8, 4) is 17.2 Å². The summed E-state index contributed by atoms with van der Waals surface area (Å²) in [4.78, 5) is 27.4. The van der Waals surface area contributed by atoms with E-state index < -0.39 is 11.9 Å². The van der Waals surface area contributed by atoms with Gasteiger partial charge in [0.15, 0.2) is 17.3 Å². The second-order valence-electron chi connectivity index (χ2n) is 9.87. The summed E-state index contributed by atoms with van der Waals surface area (Å²) in [6.07, 6.45) is 0.840. The van der Waals surface area contributed by atoms with Gasteiger partial charge < -0.3 is 29.4 Å². The summed E-state index contributed by atoms with van der Waals surface area (Å²) < 4.78 is 22.5. The molecule has 1 aliphatic heterocycles. The number of esters is 1. The van der Waals surface area contributed by atoms with Crippen molar-refractivity contribution in [2.45, 2.75) is 51.6 Å². The number of allylic oxidation sites excluding steroid dienone is 3. The van der Waals surface area contributed by atoms with Crippen molar-refractivity contribution >= 4 is 27.7 Å². The Bertz CT molecular complexity index is 1330. The van der Waals surface area contributed by atoms with Gasteiger partial charge in [0.25, 0.3) is 0 Å². The van der Waals surface area contributed by atoms with Gasteiger partial charge in [-0.1, -0.05) is 18.2 Å². The lowest BCUT2D eigenvalue weighted by molar-refractivity contribution is -0.141. The van der Waals surface area contributed by atoms with Gasteiger partial charge in [0.05, 0.1) is 37.0 Å². The summed E-state index contributed by atoms with van der Waals surface area (Å²) in [6, 6.07) is 11.1. The number of nitrogens with one attached hydrogen (secondary N) is 1. The van der Waals surface area contributed by atoms with E-state index in [1.165, 1.54) is 7.11 Å². The van der Waals surface area contributed by atoms with Crippen molar-refractivity contribution in [2.24, 2.45) is 0 Å². The minimum atomic E-state index is -0.711. The van der Waals surface area contributed by atoms with E-state index in [4.69, 9.17) is 18.9 Å². The number of benzene rings is 2. The number of Topliss-reactive ketones (excluding diaryl/α,β-unsaturated/α-hetero) is 1. The molecule has 2 aromatic carbocycles. The van der Waals surface area contributed by atoms with Crippen molar-refractivity contribution in [2.75, 3.05) is 27.4 Å². The van der Waals surface area contributed by atoms with E-state index in [-0.39, 0.29) is 48.9 Å². The van der Waals surface area contributed by atoms with Crippen LogP contribution >= 0.6 is 15.9 Å². The first-order valence-electron chi connectivity index (χ1n) is 12.9. The van der Waals surface area contributed by atoms with Gasteiger partial charge in [-0.25, -0.2) is 4.79 Å². The van der Waals surface area contributed by atoms with Crippen LogP contribution in [0.5, 0.6) is 17.2 Å². The zero-order valence-corrected chi connectivity index (χ0v) is 24.4. The molecule has 0 spiro atoms. The Hall–Kier alpha value is -3.30. The molecule has 2 N–H and O–H groups in total. The van der Waals surface area contributed by atoms with E-state index in [2.05, 4.69) is 21.2 Å². The van der Waals surface area contributed by atoms with E-state index >= 15 is 0 Å². The predicted octanol–water partition coefficient (Wildman–Crippen LogP) is 5.50. The minimum absolute atomic E-state index is 0.0133. The van der Waals surface area contributed by atoms with Crippen LogP contribution < -0.4 is 14.8 Å². The smallest absolute Gasteiger partial charge is 0.336 e. The minimum Gasteiger partial charge on any atom is -0.503 e. The molecule has 9 heteroatoms. The monoisotopic (exact) mass is 599 g/mol. The molecule has 0 bridgehead atoms. The molecule has 4 rings (SSSR count). The Morgan fingerprint density at radius 3 is 2.51 bits per heavy atom. The molecule has 0 saturated heterocycles. The van der Waals surface area contributed by atoms with E-state index in [0.29, 0.717) is 33.3 Å². The molecule has 0 fully saturated rings. The van der Waals surface area contributed by atoms with Crippen LogP contribution in [0.4, 0.5) is 0 Å². The SMILES string of the molecule is COc1ccccc1[C@H]1CC(=O)C2=C(C1)NC(C)=C(C(=O)OCCOC(C)C)[C@H]2c1cc(Br)c(O)c(OC)c1. The number of ether oxygens (including phenoxy) is 4. The van der Waals surface area contributed by atoms with Gasteiger partial charge >= 0.3 is 5.97 Å². The molecule has 0 unspecified atom stereocenters. The fourth-order valence-electron chi connectivity index (χ4n) is 5.28. The zero-order chi connectivity index (χ0) is 28.3. The molecule has 1 heterocycles. The highest BCUT2D eigenvalue weighted by molar-refractivity contribution is 9.10. The third-order valence-electron chi connectivity index (χ3n) is 7.00. The third kappa shape index (κ3) is 5.99. The van der Waals surface area contributed by atoms with Gasteiger partial charge in [-0.2, -0.15) is 0 Å². The van der Waals surface area contributed by atoms with Gasteiger partial charge in [0.2, 0.25) is 0 Å². The number of dihydropyridines is 1. The number of methoxy groups -OCH3 is 2. The lowest BCUT2D eigenvalue weighted by Crippen LogP contribution is -2.36. The molecule has 2 aromatic rings. The van der Waals surface area contributed by atoms with Crippen molar-refractivity contribution < 1.29 is 33.6 Å². The lowest BCUT2D eigenvalue weighted by atomic mass is 9.71. The first-order chi connectivity index (χ1) is 18.7. The van der Waals surface area contributed by atoms with Crippen LogP contribution in [0.15, 0.2) is 63.4 Å². The van der Waals surface area contributed by atoms with Crippen LogP contribution in [0.3, 0.4) is 0 Å². The number of halogens is 1. The molecule has 39 heavy (non-hydrogen) atoms. The van der Waals surface area contributed by atoms with Crippen molar-refractivity contribution in [3.05, 3.63) is 74.5 Å². The van der Waals surface area contributed by atoms with Gasteiger partial charge in [0.1, 0.15) is 12.4 Å². The maximum Gasteiger partial charge on any atom is 0.336 e. The molecule has 8 nitrogen and oxygen atoms in total. The van der Waals surface area contributed by atoms with Gasteiger partial charge in [0, 0.05) is 35.2 Å². The van der Waals surface area contributed by atoms with Crippen molar-refractivity contribution in [3.63, 3.8) is 0 Å². The van der Waals surface area contributed by atoms with E-state index in [1.807, 2.05) is 45.0 Å². The van der Waals surface area contributed by atoms with Gasteiger partial charge in [-0.05, 0) is 72.4 Å². The Kier molecular flexibility index (Phi) is 9.02. The van der Waals surface area contributed by atoms with Crippen LogP contribution in [-0.2, 0) is 19.1 Å². The molecule has 0 saturated carbocycles. The average molecular weight is 601 g/mol. The second kappa shape index (κ2) is 12.3. The van der Waals surface area contributed by atoms with E-state index in [9.17, 15) is 14.7 Å². The average Bonchev–Trinajstić information content (AvgIpc) is 2.91. The summed E-state index contributed by atoms with van der Waals surface area (Å²) in [7, 11) is 3.07. The fourth-order valence-corrected chi connectivity index (χ4v) is 5.74. The van der Waals surface area contributed by atoms with Crippen LogP contribution in [-0.4, -0.2) is 50.4 Å². The van der Waals surface area contributed by atoms with Crippen LogP contribution in [0.25, 0.3) is 0 Å². The van der Waals surface area contributed by atoms with E-state index in [1.54, 1.807) is 19.2 Å². The number of aromatic hydroxyl groups is 1. The zero-order valence-electron chi connectivity index (χ0n) is 22.8. The standard InChI is InChI=1S/C30H34BrNO7/c1-16(2)38-10-11-39-30(35)26-17(3)32-22-13-18(20-8-6-7-9-24(20)36-4)14-23(33)28(22)27(26)19-12-21(31)29(34)25(15-19)37-5/h6-9,12,15-16,18,27,32,34H,10-11,13-14H2,1-5H3/t18-,27-/m1/s1. The highest BCUT2D eigenvalue weighted by Gasteiger charge is 2.42. The molecule has 0 radical (unpaired) electrons. The summed E-state index contributed by atoms with van der Waals surface area (Å²) in [5, 5.41) is 13.8. The predicted molar refractivity (Wildman–Crippen MR) is 150 cm³/mol. The maximum atomic E-state index is 13.9. The number of rotatable bonds is 9. The number of phenols is 1. The number of carbonyl (C=O) groups excluding carboxylic acids is 2. The first-order valence-corrected chi connectivity index (χ1v) is 13.7. The van der Waals surface area contributed by atoms with Crippen molar-refractivity contribution in [1.82, 2.24) is 5.32 Å². The van der Waals surface area contributed by atoms with Crippen molar-refractivity contribution in [1.29, 1.82) is 0 Å². The summed E-state index contributed by atoms with van der Waals surface area (Å²) in [5.41, 5.74) is 3.79. The highest BCUT2D eigenvalue weighted by atomic mass is 79.9. The molecule has 1 aliphatic carbocycles. The Morgan fingerprint density at radius 2 is 1.82 bits per heavy atom. The van der Waals surface area contributed by atoms with Crippen LogP contribution in [0, 0.1) is 0 Å². The maximum absolute atomic E-state index is 13.9. The van der Waals surface area contributed by atoms with Crippen LogP contribution in [0.2, 0.25) is 0 Å². The fraction of sp³-hybridized carbons (Fsp3) is 0.400. The lowest BCUT2D eigenvalue weighted by Gasteiger charge is -2.37. The van der Waals surface area contributed by atoms with Gasteiger partial charge in [-0.15, -0.1) is 0 Å². The second-order valence-corrected chi connectivity index (χ2v) is 10.7. The van der Waals surface area contributed by atoms with Crippen LogP contribution in [0.1, 0.15) is 56.6 Å². The number of phenolic OH excluding ortho intramolecular Hbond substituents is 1. The number of hydrogen-bond acceptors (Lipinski definition) is 8. The highest BCUT2D eigenvalue weighted by Crippen LogP contribution is 2.49. The normalized spacial score (nSPS) is 19.1. The molecule has 208 valence electrons. The number of hydrogen-bond donors (Lipinski definition) is 2. The summed E-state index contributed by atoms with van der Waals surface area (Å²) in [6.45, 7) is 5.97. The summed E-state index contributed by atoms with van der Waals surface area (Å²) in [5.74, 6) is -0.510. The molecular weight excluding hydrogens is 566 g/mol. The Morgan fingerprint density at radius 1 is 1.10 bits per heavy atom. The number of ketones is 1. The largest absolute Gasteiger partial charge is 0.503 e. The molecule has 0 amide bonds. The quantitative estimate of drug-likeness (QED) is 0.287. The Balaban J connectivity index is 1.77. The molecule has 2 atom stereocenters. The molecular formula is C30H34BrNO7. The first kappa shape index (κ1) is 28.7. The number of carbonyl (C=O) groups is 2. The molecule has 2 aliphatic rings. The van der Waals surface area contributed by atoms with E-state index in [0.717, 1.165) is 17.0 Å². The Labute approximate surface area is 237 Å². The topological polar surface area (TPSA) is 103 Å². The molecule has 0 aromatic heterocycles. The van der Waals surface area contributed by atoms with Gasteiger partial charge in [-0.3, -0.25) is 4.79 Å². The third-order valence-corrected chi connectivity index (χ3v) is 7.60. The summed E-state index contributed by atoms with van der Waals surface area (Å²) >= 11 is 3.39. The number of para-hydroxylation sites is 1.